The molecule has 1 N–H and O–H groups in total. The molecule has 1 unspecified atom stereocenters. The van der Waals surface area contributed by atoms with Crippen molar-refractivity contribution in [1.29, 1.82) is 0 Å². The molecule has 0 aromatic heterocycles. The van der Waals surface area contributed by atoms with Crippen LogP contribution in [0.5, 0.6) is 0 Å². The Morgan fingerprint density at radius 2 is 2.04 bits per heavy atom. The summed E-state index contributed by atoms with van der Waals surface area (Å²) in [5.74, 6) is 1.08. The number of nitrogens with zero attached hydrogens (tertiary/aromatic N) is 2. The van der Waals surface area contributed by atoms with Crippen LogP contribution < -0.4 is 5.32 Å². The molecule has 5 heteroatoms. The number of ether oxygens (including phenoxy) is 1. The standard InChI is InChI=1S/C21H30ClN3O/c1-2-23-19(25-12-10-20(15-25)11-13-26-16-20)24-14-21(8-3-9-21)17-4-6-18(22)7-5-17/h4-7H,2-3,8-16H2,1H3,(H,23,24). The fourth-order valence-corrected chi connectivity index (χ4v) is 4.81. The predicted octanol–water partition coefficient (Wildman–Crippen LogP) is 3.84. The SMILES string of the molecule is CCNC(=NCC1(c2ccc(Cl)cc2)CCC1)N1CCC2(CCOC2)C1. The highest BCUT2D eigenvalue weighted by atomic mass is 35.5. The van der Waals surface area contributed by atoms with Crippen molar-refractivity contribution in [1.82, 2.24) is 10.2 Å². The second kappa shape index (κ2) is 7.40. The molecule has 4 rings (SSSR count). The molecule has 1 aromatic carbocycles. The highest BCUT2D eigenvalue weighted by molar-refractivity contribution is 6.30. The van der Waals surface area contributed by atoms with Crippen molar-refractivity contribution >= 4 is 17.6 Å². The fraction of sp³-hybridized carbons (Fsp3) is 0.667. The molecule has 0 radical (unpaired) electrons. The van der Waals surface area contributed by atoms with E-state index in [1.165, 1.54) is 37.7 Å². The van der Waals surface area contributed by atoms with Gasteiger partial charge >= 0.3 is 0 Å². The number of benzene rings is 1. The van der Waals surface area contributed by atoms with Crippen LogP contribution in [0.1, 0.15) is 44.6 Å². The Balaban J connectivity index is 1.49. The number of hydrogen-bond donors (Lipinski definition) is 1. The zero-order valence-corrected chi connectivity index (χ0v) is 16.5. The van der Waals surface area contributed by atoms with Gasteiger partial charge in [-0.3, -0.25) is 4.99 Å². The van der Waals surface area contributed by atoms with Crippen molar-refractivity contribution in [3.63, 3.8) is 0 Å². The number of rotatable bonds is 4. The van der Waals surface area contributed by atoms with Crippen molar-refractivity contribution in [2.45, 2.75) is 44.4 Å². The number of nitrogens with one attached hydrogen (secondary N) is 1. The molecule has 0 bridgehead atoms. The molecule has 1 aromatic rings. The Morgan fingerprint density at radius 3 is 2.65 bits per heavy atom. The maximum Gasteiger partial charge on any atom is 0.193 e. The van der Waals surface area contributed by atoms with Crippen LogP contribution in [0.3, 0.4) is 0 Å². The molecule has 1 spiro atoms. The first kappa shape index (κ1) is 18.1. The van der Waals surface area contributed by atoms with Gasteiger partial charge < -0.3 is 15.0 Å². The summed E-state index contributed by atoms with van der Waals surface area (Å²) in [7, 11) is 0. The Morgan fingerprint density at radius 1 is 1.23 bits per heavy atom. The lowest BCUT2D eigenvalue weighted by molar-refractivity contribution is 0.156. The summed E-state index contributed by atoms with van der Waals surface area (Å²) in [6.45, 7) is 7.91. The molecular weight excluding hydrogens is 346 g/mol. The van der Waals surface area contributed by atoms with Gasteiger partial charge in [0.1, 0.15) is 0 Å². The van der Waals surface area contributed by atoms with E-state index in [0.717, 1.165) is 50.4 Å². The van der Waals surface area contributed by atoms with Gasteiger partial charge in [0.2, 0.25) is 0 Å². The van der Waals surface area contributed by atoms with Crippen LogP contribution in [0.4, 0.5) is 0 Å². The minimum Gasteiger partial charge on any atom is -0.381 e. The Kier molecular flexibility index (Phi) is 5.15. The molecule has 26 heavy (non-hydrogen) atoms. The van der Waals surface area contributed by atoms with Gasteiger partial charge in [0.15, 0.2) is 5.96 Å². The van der Waals surface area contributed by atoms with Gasteiger partial charge in [-0.05, 0) is 50.3 Å². The summed E-state index contributed by atoms with van der Waals surface area (Å²) in [5, 5.41) is 4.33. The molecule has 1 aliphatic carbocycles. The monoisotopic (exact) mass is 375 g/mol. The number of guanidine groups is 1. The zero-order valence-electron chi connectivity index (χ0n) is 15.8. The van der Waals surface area contributed by atoms with Crippen LogP contribution in [0.15, 0.2) is 29.3 Å². The van der Waals surface area contributed by atoms with E-state index in [0.29, 0.717) is 5.41 Å². The quantitative estimate of drug-likeness (QED) is 0.641. The highest BCUT2D eigenvalue weighted by Gasteiger charge is 2.43. The van der Waals surface area contributed by atoms with Gasteiger partial charge in [0.05, 0.1) is 13.2 Å². The molecule has 1 atom stereocenters. The van der Waals surface area contributed by atoms with E-state index >= 15 is 0 Å². The van der Waals surface area contributed by atoms with Crippen molar-refractivity contribution in [2.24, 2.45) is 10.4 Å². The van der Waals surface area contributed by atoms with Crippen molar-refractivity contribution in [3.8, 4) is 0 Å². The Hall–Kier alpha value is -1.26. The minimum atomic E-state index is 0.194. The van der Waals surface area contributed by atoms with Crippen LogP contribution in [0.2, 0.25) is 5.02 Å². The van der Waals surface area contributed by atoms with Gasteiger partial charge in [0, 0.05) is 42.1 Å². The zero-order chi connectivity index (χ0) is 18.0. The molecule has 3 fully saturated rings. The van der Waals surface area contributed by atoms with E-state index in [4.69, 9.17) is 21.3 Å². The number of aliphatic imine (C=N–C) groups is 1. The van der Waals surface area contributed by atoms with Gasteiger partial charge in [-0.2, -0.15) is 0 Å². The van der Waals surface area contributed by atoms with E-state index in [1.807, 2.05) is 12.1 Å². The van der Waals surface area contributed by atoms with E-state index in [2.05, 4.69) is 29.3 Å². The second-order valence-corrected chi connectivity index (χ2v) is 8.72. The molecule has 2 heterocycles. The van der Waals surface area contributed by atoms with Gasteiger partial charge in [-0.25, -0.2) is 0 Å². The molecule has 3 aliphatic rings. The van der Waals surface area contributed by atoms with Crippen LogP contribution >= 0.6 is 11.6 Å². The molecule has 142 valence electrons. The van der Waals surface area contributed by atoms with Gasteiger partial charge in [-0.1, -0.05) is 30.2 Å². The fourth-order valence-electron chi connectivity index (χ4n) is 4.68. The van der Waals surface area contributed by atoms with Gasteiger partial charge in [0.25, 0.3) is 0 Å². The summed E-state index contributed by atoms with van der Waals surface area (Å²) in [5.41, 5.74) is 1.94. The topological polar surface area (TPSA) is 36.9 Å². The van der Waals surface area contributed by atoms with Crippen LogP contribution in [-0.2, 0) is 10.2 Å². The average molecular weight is 376 g/mol. The summed E-state index contributed by atoms with van der Waals surface area (Å²) < 4.78 is 5.68. The van der Waals surface area contributed by atoms with Crippen molar-refractivity contribution in [3.05, 3.63) is 34.9 Å². The largest absolute Gasteiger partial charge is 0.381 e. The third-order valence-corrected chi connectivity index (χ3v) is 6.81. The summed E-state index contributed by atoms with van der Waals surface area (Å²) >= 11 is 6.08. The van der Waals surface area contributed by atoms with Crippen LogP contribution in [0, 0.1) is 5.41 Å². The lowest BCUT2D eigenvalue weighted by Gasteiger charge is -2.41. The van der Waals surface area contributed by atoms with Crippen LogP contribution in [-0.4, -0.2) is 50.3 Å². The highest BCUT2D eigenvalue weighted by Crippen LogP contribution is 2.44. The molecule has 2 saturated heterocycles. The number of hydrogen-bond acceptors (Lipinski definition) is 2. The first-order valence-corrected chi connectivity index (χ1v) is 10.4. The minimum absolute atomic E-state index is 0.194. The second-order valence-electron chi connectivity index (χ2n) is 8.29. The summed E-state index contributed by atoms with van der Waals surface area (Å²) in [4.78, 5) is 7.55. The molecule has 1 saturated carbocycles. The molecule has 4 nitrogen and oxygen atoms in total. The number of halogens is 1. The normalized spacial score (nSPS) is 27.8. The average Bonchev–Trinajstić information content (AvgIpc) is 3.24. The molecule has 2 aliphatic heterocycles. The maximum absolute atomic E-state index is 6.08. The van der Waals surface area contributed by atoms with E-state index in [9.17, 15) is 0 Å². The third kappa shape index (κ3) is 3.46. The smallest absolute Gasteiger partial charge is 0.193 e. The lowest BCUT2D eigenvalue weighted by Crippen LogP contribution is -2.44. The Bertz CT molecular complexity index is 648. The van der Waals surface area contributed by atoms with Crippen molar-refractivity contribution in [2.75, 3.05) is 39.4 Å². The van der Waals surface area contributed by atoms with E-state index in [-0.39, 0.29) is 5.41 Å². The predicted molar refractivity (Wildman–Crippen MR) is 107 cm³/mol. The molecular formula is C21H30ClN3O. The van der Waals surface area contributed by atoms with Gasteiger partial charge in [-0.15, -0.1) is 0 Å². The van der Waals surface area contributed by atoms with Crippen molar-refractivity contribution < 1.29 is 4.74 Å². The number of likely N-dealkylation sites (tertiary alicyclic amines) is 1. The maximum atomic E-state index is 6.08. The van der Waals surface area contributed by atoms with E-state index < -0.39 is 0 Å². The van der Waals surface area contributed by atoms with E-state index in [1.54, 1.807) is 0 Å². The lowest BCUT2D eigenvalue weighted by atomic mass is 9.64. The third-order valence-electron chi connectivity index (χ3n) is 6.56. The first-order chi connectivity index (χ1) is 12.6. The first-order valence-electron chi connectivity index (χ1n) is 10.0. The Labute approximate surface area is 162 Å². The van der Waals surface area contributed by atoms with Crippen LogP contribution in [0.25, 0.3) is 0 Å². The summed E-state index contributed by atoms with van der Waals surface area (Å²) in [6.07, 6.45) is 6.14. The molecule has 0 amide bonds. The summed E-state index contributed by atoms with van der Waals surface area (Å²) in [6, 6.07) is 8.39.